The number of nitrogens with one attached hydrogen (secondary N) is 1. The van der Waals surface area contributed by atoms with Crippen LogP contribution in [0.2, 0.25) is 0 Å². The van der Waals surface area contributed by atoms with Crippen molar-refractivity contribution in [1.29, 1.82) is 0 Å². The second-order valence-corrected chi connectivity index (χ2v) is 2.05. The molecule has 1 rings (SSSR count). The minimum absolute atomic E-state index is 0. The van der Waals surface area contributed by atoms with E-state index < -0.39 is 0 Å². The minimum atomic E-state index is 0. The van der Waals surface area contributed by atoms with Gasteiger partial charge in [0.2, 0.25) is 0 Å². The van der Waals surface area contributed by atoms with Crippen molar-refractivity contribution < 1.29 is 0 Å². The van der Waals surface area contributed by atoms with Crippen LogP contribution in [0.4, 0.5) is 0 Å². The van der Waals surface area contributed by atoms with Gasteiger partial charge in [-0.25, -0.2) is 0 Å². The number of rotatable bonds is 0. The molecule has 1 aliphatic heterocycles. The van der Waals surface area contributed by atoms with Crippen molar-refractivity contribution in [3.8, 4) is 0 Å². The van der Waals surface area contributed by atoms with E-state index in [9.17, 15) is 0 Å². The molecule has 44 valence electrons. The monoisotopic (exact) mass is 124 g/mol. The molecule has 1 heterocycles. The SMILES string of the molecule is CN1CCNCC1.[NaH]. The van der Waals surface area contributed by atoms with E-state index in [4.69, 9.17) is 0 Å². The van der Waals surface area contributed by atoms with Crippen LogP contribution in [0.25, 0.3) is 0 Å². The van der Waals surface area contributed by atoms with Crippen LogP contribution in [-0.2, 0) is 0 Å². The third-order valence-electron chi connectivity index (χ3n) is 1.34. The molecule has 0 aromatic rings. The molecule has 1 saturated heterocycles. The average molecular weight is 124 g/mol. The first-order chi connectivity index (χ1) is 3.39. The van der Waals surface area contributed by atoms with E-state index in [0.717, 1.165) is 13.1 Å². The zero-order chi connectivity index (χ0) is 5.11. The van der Waals surface area contributed by atoms with Crippen molar-refractivity contribution in [2.24, 2.45) is 0 Å². The van der Waals surface area contributed by atoms with Crippen LogP contribution < -0.4 is 5.32 Å². The van der Waals surface area contributed by atoms with Gasteiger partial charge in [0, 0.05) is 26.2 Å². The zero-order valence-corrected chi connectivity index (χ0v) is 4.78. The molecule has 2 nitrogen and oxygen atoms in total. The fourth-order valence-corrected chi connectivity index (χ4v) is 0.777. The van der Waals surface area contributed by atoms with Crippen molar-refractivity contribution in [3.05, 3.63) is 0 Å². The molecule has 0 amide bonds. The summed E-state index contributed by atoms with van der Waals surface area (Å²) in [5, 5.41) is 3.27. The van der Waals surface area contributed by atoms with Gasteiger partial charge in [0.25, 0.3) is 0 Å². The number of piperazine rings is 1. The molecule has 0 spiro atoms. The molecule has 0 bridgehead atoms. The molecule has 1 N–H and O–H groups in total. The molecule has 0 atom stereocenters. The molecular weight excluding hydrogens is 111 g/mol. The second kappa shape index (κ2) is 4.77. The third kappa shape index (κ3) is 3.05. The Labute approximate surface area is 72.9 Å². The van der Waals surface area contributed by atoms with Crippen LogP contribution in [-0.4, -0.2) is 67.7 Å². The van der Waals surface area contributed by atoms with E-state index >= 15 is 0 Å². The maximum atomic E-state index is 3.27. The number of hydrogen-bond acceptors (Lipinski definition) is 2. The van der Waals surface area contributed by atoms with Crippen molar-refractivity contribution in [2.75, 3.05) is 33.2 Å². The van der Waals surface area contributed by atoms with Crippen molar-refractivity contribution in [2.45, 2.75) is 0 Å². The Morgan fingerprint density at radius 1 is 1.25 bits per heavy atom. The summed E-state index contributed by atoms with van der Waals surface area (Å²) in [6, 6.07) is 0. The quantitative estimate of drug-likeness (QED) is 0.411. The summed E-state index contributed by atoms with van der Waals surface area (Å²) in [5.74, 6) is 0. The number of nitrogens with zero attached hydrogens (tertiary/aromatic N) is 1. The Morgan fingerprint density at radius 2 is 1.75 bits per heavy atom. The summed E-state index contributed by atoms with van der Waals surface area (Å²) in [6.07, 6.45) is 0. The van der Waals surface area contributed by atoms with Gasteiger partial charge in [0.15, 0.2) is 0 Å². The molecule has 0 aromatic heterocycles. The maximum absolute atomic E-state index is 3.27. The van der Waals surface area contributed by atoms with Crippen molar-refractivity contribution >= 4 is 29.6 Å². The van der Waals surface area contributed by atoms with Gasteiger partial charge in [-0.05, 0) is 7.05 Å². The van der Waals surface area contributed by atoms with Crippen molar-refractivity contribution in [1.82, 2.24) is 10.2 Å². The molecule has 0 aromatic carbocycles. The molecule has 0 radical (unpaired) electrons. The van der Waals surface area contributed by atoms with Crippen LogP contribution in [0, 0.1) is 0 Å². The molecule has 0 unspecified atom stereocenters. The van der Waals surface area contributed by atoms with Gasteiger partial charge < -0.3 is 10.2 Å². The third-order valence-corrected chi connectivity index (χ3v) is 1.34. The van der Waals surface area contributed by atoms with Gasteiger partial charge in [-0.2, -0.15) is 0 Å². The Hall–Kier alpha value is 0.920. The predicted molar refractivity (Wildman–Crippen MR) is 37.5 cm³/mol. The van der Waals surface area contributed by atoms with E-state index in [-0.39, 0.29) is 29.6 Å². The van der Waals surface area contributed by atoms with E-state index in [2.05, 4.69) is 17.3 Å². The Kier molecular flexibility index (Phi) is 5.31. The second-order valence-electron chi connectivity index (χ2n) is 2.05. The fourth-order valence-electron chi connectivity index (χ4n) is 0.777. The average Bonchev–Trinajstić information content (AvgIpc) is 1.69. The normalized spacial score (nSPS) is 22.1. The summed E-state index contributed by atoms with van der Waals surface area (Å²) in [6.45, 7) is 4.74. The zero-order valence-electron chi connectivity index (χ0n) is 4.78. The van der Waals surface area contributed by atoms with Crippen LogP contribution in [0.5, 0.6) is 0 Å². The van der Waals surface area contributed by atoms with Gasteiger partial charge in [-0.15, -0.1) is 0 Å². The van der Waals surface area contributed by atoms with Gasteiger partial charge >= 0.3 is 29.6 Å². The Balaban J connectivity index is 0.000000490. The molecule has 0 saturated carbocycles. The van der Waals surface area contributed by atoms with Gasteiger partial charge in [0.1, 0.15) is 0 Å². The molecular formula is C5H13N2Na. The molecule has 0 aliphatic carbocycles. The molecule has 8 heavy (non-hydrogen) atoms. The molecule has 1 fully saturated rings. The van der Waals surface area contributed by atoms with E-state index in [1.54, 1.807) is 0 Å². The van der Waals surface area contributed by atoms with E-state index in [1.165, 1.54) is 13.1 Å². The first-order valence-electron chi connectivity index (χ1n) is 2.79. The van der Waals surface area contributed by atoms with Gasteiger partial charge in [-0.3, -0.25) is 0 Å². The Bertz CT molecular complexity index is 52.4. The fraction of sp³-hybridized carbons (Fsp3) is 1.00. The van der Waals surface area contributed by atoms with E-state index in [0.29, 0.717) is 0 Å². The van der Waals surface area contributed by atoms with Crippen LogP contribution >= 0.6 is 0 Å². The number of likely N-dealkylation sites (N-methyl/N-ethyl adjacent to an activating group) is 1. The summed E-state index contributed by atoms with van der Waals surface area (Å²) in [7, 11) is 2.15. The van der Waals surface area contributed by atoms with Crippen molar-refractivity contribution in [3.63, 3.8) is 0 Å². The van der Waals surface area contributed by atoms with Crippen LogP contribution in [0.1, 0.15) is 0 Å². The Morgan fingerprint density at radius 3 is 2.00 bits per heavy atom. The topological polar surface area (TPSA) is 15.3 Å². The first-order valence-corrected chi connectivity index (χ1v) is 2.79. The van der Waals surface area contributed by atoms with Gasteiger partial charge in [0.05, 0.1) is 0 Å². The summed E-state index contributed by atoms with van der Waals surface area (Å²) in [5.41, 5.74) is 0. The standard InChI is InChI=1S/C5H12N2.Na.H/c1-7-4-2-6-3-5-7;;/h6H,2-5H2,1H3;;. The first kappa shape index (κ1) is 8.92. The predicted octanol–water partition coefficient (Wildman–Crippen LogP) is -1.13. The summed E-state index contributed by atoms with van der Waals surface area (Å²) >= 11 is 0. The van der Waals surface area contributed by atoms with E-state index in [1.807, 2.05) is 0 Å². The molecule has 3 heteroatoms. The summed E-state index contributed by atoms with van der Waals surface area (Å²) in [4.78, 5) is 2.33. The van der Waals surface area contributed by atoms with Crippen LogP contribution in [0.15, 0.2) is 0 Å². The summed E-state index contributed by atoms with van der Waals surface area (Å²) < 4.78 is 0. The number of hydrogen-bond donors (Lipinski definition) is 1. The van der Waals surface area contributed by atoms with Crippen LogP contribution in [0.3, 0.4) is 0 Å². The van der Waals surface area contributed by atoms with Gasteiger partial charge in [-0.1, -0.05) is 0 Å². The molecule has 1 aliphatic rings.